The van der Waals surface area contributed by atoms with Crippen LogP contribution >= 0.6 is 0 Å². The number of nitrogens with one attached hydrogen (secondary N) is 2. The lowest BCUT2D eigenvalue weighted by atomic mass is 10.1. The molecule has 0 saturated heterocycles. The molecule has 1 amide bonds. The van der Waals surface area contributed by atoms with Gasteiger partial charge in [0.15, 0.2) is 0 Å². The number of anilines is 2. The van der Waals surface area contributed by atoms with Crippen molar-refractivity contribution in [2.45, 2.75) is 18.7 Å². The summed E-state index contributed by atoms with van der Waals surface area (Å²) in [7, 11) is -2.32. The van der Waals surface area contributed by atoms with Gasteiger partial charge in [-0.15, -0.1) is 0 Å². The van der Waals surface area contributed by atoms with Crippen molar-refractivity contribution in [1.29, 1.82) is 0 Å². The second kappa shape index (κ2) is 8.36. The van der Waals surface area contributed by atoms with Crippen molar-refractivity contribution in [2.75, 3.05) is 17.1 Å². The number of methoxy groups -OCH3 is 1. The van der Waals surface area contributed by atoms with E-state index in [0.29, 0.717) is 11.4 Å². The summed E-state index contributed by atoms with van der Waals surface area (Å²) in [5.41, 5.74) is 2.81. The average molecular weight is 410 g/mol. The fourth-order valence-corrected chi connectivity index (χ4v) is 3.88. The minimum Gasteiger partial charge on any atom is -0.495 e. The zero-order chi connectivity index (χ0) is 21.0. The van der Waals surface area contributed by atoms with Gasteiger partial charge in [0, 0.05) is 0 Å². The molecular weight excluding hydrogens is 388 g/mol. The highest BCUT2D eigenvalue weighted by molar-refractivity contribution is 7.92. The summed E-state index contributed by atoms with van der Waals surface area (Å²) in [6.45, 7) is 3.78. The van der Waals surface area contributed by atoms with Gasteiger partial charge in [0.1, 0.15) is 5.75 Å². The first-order valence-corrected chi connectivity index (χ1v) is 10.4. The highest BCUT2D eigenvalue weighted by Gasteiger charge is 2.19. The predicted molar refractivity (Wildman–Crippen MR) is 114 cm³/mol. The quantitative estimate of drug-likeness (QED) is 0.632. The average Bonchev–Trinajstić information content (AvgIpc) is 2.68. The van der Waals surface area contributed by atoms with E-state index < -0.39 is 15.9 Å². The Hall–Kier alpha value is -3.32. The zero-order valence-electron chi connectivity index (χ0n) is 16.4. The summed E-state index contributed by atoms with van der Waals surface area (Å²) in [5, 5.41) is 2.79. The fourth-order valence-electron chi connectivity index (χ4n) is 2.80. The summed E-state index contributed by atoms with van der Waals surface area (Å²) in [5.74, 6) is 0.0674. The molecule has 29 heavy (non-hydrogen) atoms. The van der Waals surface area contributed by atoms with Crippen LogP contribution in [0.4, 0.5) is 11.4 Å². The highest BCUT2D eigenvalue weighted by atomic mass is 32.2. The molecule has 0 aromatic heterocycles. The number of sulfonamides is 1. The van der Waals surface area contributed by atoms with E-state index in [9.17, 15) is 13.2 Å². The van der Waals surface area contributed by atoms with E-state index in [1.165, 1.54) is 19.2 Å². The summed E-state index contributed by atoms with van der Waals surface area (Å²) >= 11 is 0. The molecule has 6 nitrogen and oxygen atoms in total. The molecule has 3 rings (SSSR count). The third-order valence-electron chi connectivity index (χ3n) is 4.35. The van der Waals surface area contributed by atoms with Crippen molar-refractivity contribution >= 4 is 27.3 Å². The molecule has 0 unspecified atom stereocenters. The number of aryl methyl sites for hydroxylation is 2. The first-order chi connectivity index (χ1) is 13.8. The highest BCUT2D eigenvalue weighted by Crippen LogP contribution is 2.27. The van der Waals surface area contributed by atoms with Gasteiger partial charge >= 0.3 is 0 Å². The van der Waals surface area contributed by atoms with Crippen LogP contribution in [0.3, 0.4) is 0 Å². The minimum atomic E-state index is -3.83. The van der Waals surface area contributed by atoms with Crippen molar-refractivity contribution in [1.82, 2.24) is 0 Å². The molecule has 3 aromatic carbocycles. The van der Waals surface area contributed by atoms with E-state index in [1.54, 1.807) is 48.5 Å². The van der Waals surface area contributed by atoms with Crippen LogP contribution < -0.4 is 14.8 Å². The number of hydrogen-bond donors (Lipinski definition) is 2. The lowest BCUT2D eigenvalue weighted by Crippen LogP contribution is -2.19. The number of carbonyl (C=O) groups excluding carboxylic acids is 1. The maximum atomic E-state index is 12.9. The topological polar surface area (TPSA) is 84.5 Å². The van der Waals surface area contributed by atoms with Gasteiger partial charge < -0.3 is 10.1 Å². The Morgan fingerprint density at radius 3 is 2.21 bits per heavy atom. The summed E-state index contributed by atoms with van der Waals surface area (Å²) < 4.78 is 33.3. The van der Waals surface area contributed by atoms with Gasteiger partial charge in [-0.1, -0.05) is 35.9 Å². The number of amides is 1. The monoisotopic (exact) mass is 410 g/mol. The van der Waals surface area contributed by atoms with Crippen molar-refractivity contribution in [3.8, 4) is 5.75 Å². The number of benzene rings is 3. The van der Waals surface area contributed by atoms with Gasteiger partial charge in [0.05, 0.1) is 28.9 Å². The van der Waals surface area contributed by atoms with Crippen LogP contribution in [0.15, 0.2) is 71.6 Å². The van der Waals surface area contributed by atoms with Crippen LogP contribution in [-0.2, 0) is 10.0 Å². The molecule has 0 saturated carbocycles. The number of rotatable bonds is 6. The molecule has 0 aliphatic carbocycles. The molecule has 0 bridgehead atoms. The minimum absolute atomic E-state index is 0.124. The Morgan fingerprint density at radius 2 is 1.52 bits per heavy atom. The molecule has 0 heterocycles. The van der Waals surface area contributed by atoms with Gasteiger partial charge in [0.2, 0.25) is 0 Å². The smallest absolute Gasteiger partial charge is 0.261 e. The molecule has 7 heteroatoms. The van der Waals surface area contributed by atoms with E-state index in [4.69, 9.17) is 4.74 Å². The van der Waals surface area contributed by atoms with Crippen molar-refractivity contribution in [2.24, 2.45) is 0 Å². The lowest BCUT2D eigenvalue weighted by Gasteiger charge is -2.14. The van der Waals surface area contributed by atoms with Crippen LogP contribution in [0.2, 0.25) is 0 Å². The van der Waals surface area contributed by atoms with E-state index in [-0.39, 0.29) is 16.1 Å². The maximum Gasteiger partial charge on any atom is 0.261 e. The summed E-state index contributed by atoms with van der Waals surface area (Å²) in [4.78, 5) is 13.0. The fraction of sp³-hybridized carbons (Fsp3) is 0.136. The SMILES string of the molecule is COc1ccc(C)cc1NC(=O)c1ccccc1NS(=O)(=O)c1ccc(C)cc1. The lowest BCUT2D eigenvalue weighted by molar-refractivity contribution is 0.102. The first-order valence-electron chi connectivity index (χ1n) is 8.94. The van der Waals surface area contributed by atoms with Gasteiger partial charge in [-0.25, -0.2) is 8.42 Å². The van der Waals surface area contributed by atoms with Gasteiger partial charge in [0.25, 0.3) is 15.9 Å². The molecule has 0 fully saturated rings. The second-order valence-corrected chi connectivity index (χ2v) is 8.30. The number of ether oxygens (including phenoxy) is 1. The normalized spacial score (nSPS) is 11.0. The maximum absolute atomic E-state index is 12.9. The van der Waals surface area contributed by atoms with Crippen LogP contribution in [0.1, 0.15) is 21.5 Å². The number of hydrogen-bond acceptors (Lipinski definition) is 4. The molecule has 150 valence electrons. The Morgan fingerprint density at radius 1 is 0.862 bits per heavy atom. The van der Waals surface area contributed by atoms with Gasteiger partial charge in [-0.3, -0.25) is 9.52 Å². The Bertz CT molecular complexity index is 1140. The van der Waals surface area contributed by atoms with Crippen LogP contribution in [-0.4, -0.2) is 21.4 Å². The second-order valence-electron chi connectivity index (χ2n) is 6.62. The van der Waals surface area contributed by atoms with Gasteiger partial charge in [-0.05, 0) is 55.8 Å². The zero-order valence-corrected chi connectivity index (χ0v) is 17.2. The van der Waals surface area contributed by atoms with Crippen LogP contribution in [0, 0.1) is 13.8 Å². The molecule has 0 aliphatic rings. The molecule has 2 N–H and O–H groups in total. The molecule has 0 atom stereocenters. The van der Waals surface area contributed by atoms with E-state index >= 15 is 0 Å². The van der Waals surface area contributed by atoms with Crippen molar-refractivity contribution in [3.05, 3.63) is 83.4 Å². The van der Waals surface area contributed by atoms with Crippen molar-refractivity contribution < 1.29 is 17.9 Å². The molecular formula is C22H22N2O4S. The summed E-state index contributed by atoms with van der Waals surface area (Å²) in [6.07, 6.45) is 0. The Balaban J connectivity index is 1.90. The largest absolute Gasteiger partial charge is 0.495 e. The predicted octanol–water partition coefficient (Wildman–Crippen LogP) is 4.37. The van der Waals surface area contributed by atoms with Crippen LogP contribution in [0.5, 0.6) is 5.75 Å². The van der Waals surface area contributed by atoms with Gasteiger partial charge in [-0.2, -0.15) is 0 Å². The Labute approximate surface area is 170 Å². The first kappa shape index (κ1) is 20.4. The van der Waals surface area contributed by atoms with Crippen molar-refractivity contribution in [3.63, 3.8) is 0 Å². The third-order valence-corrected chi connectivity index (χ3v) is 5.73. The number of carbonyl (C=O) groups is 1. The van der Waals surface area contributed by atoms with E-state index in [1.807, 2.05) is 19.9 Å². The number of para-hydroxylation sites is 1. The van der Waals surface area contributed by atoms with E-state index in [2.05, 4.69) is 10.0 Å². The summed E-state index contributed by atoms with van der Waals surface area (Å²) in [6, 6.07) is 18.4. The third kappa shape index (κ3) is 4.75. The van der Waals surface area contributed by atoms with E-state index in [0.717, 1.165) is 11.1 Å². The van der Waals surface area contributed by atoms with Crippen LogP contribution in [0.25, 0.3) is 0 Å². The molecule has 0 aliphatic heterocycles. The molecule has 3 aromatic rings. The molecule has 0 radical (unpaired) electrons. The standard InChI is InChI=1S/C22H22N2O4S/c1-15-8-11-17(12-9-15)29(26,27)24-19-7-5-4-6-18(19)22(25)23-20-14-16(2)10-13-21(20)28-3/h4-14,24H,1-3H3,(H,23,25). The molecule has 0 spiro atoms. The Kier molecular flexibility index (Phi) is 5.89.